The molecular weight excluding hydrogens is 320 g/mol. The highest BCUT2D eigenvalue weighted by molar-refractivity contribution is 9.10. The molecule has 0 saturated heterocycles. The van der Waals surface area contributed by atoms with Crippen molar-refractivity contribution in [2.45, 2.75) is 6.54 Å². The maximum Gasteiger partial charge on any atom is 0.291 e. The molecule has 4 nitrogen and oxygen atoms in total. The van der Waals surface area contributed by atoms with E-state index in [0.29, 0.717) is 20.9 Å². The summed E-state index contributed by atoms with van der Waals surface area (Å²) in [6.45, 7) is 0.264. The molecule has 18 heavy (non-hydrogen) atoms. The zero-order valence-corrected chi connectivity index (χ0v) is 11.6. The van der Waals surface area contributed by atoms with Gasteiger partial charge in [-0.25, -0.2) is 0 Å². The van der Waals surface area contributed by atoms with Crippen LogP contribution in [0.1, 0.15) is 16.3 Å². The summed E-state index contributed by atoms with van der Waals surface area (Å²) in [6, 6.07) is 8.37. The van der Waals surface area contributed by atoms with Crippen molar-refractivity contribution in [2.75, 3.05) is 5.32 Å². The molecule has 1 amide bonds. The minimum Gasteiger partial charge on any atom is -0.455 e. The van der Waals surface area contributed by atoms with Gasteiger partial charge in [0.05, 0.1) is 11.6 Å². The zero-order chi connectivity index (χ0) is 13.1. The van der Waals surface area contributed by atoms with Gasteiger partial charge < -0.3 is 15.5 Å². The van der Waals surface area contributed by atoms with E-state index in [2.05, 4.69) is 21.2 Å². The second-order valence-corrected chi connectivity index (χ2v) is 4.81. The summed E-state index contributed by atoms with van der Waals surface area (Å²) < 4.78 is 5.96. The van der Waals surface area contributed by atoms with Crippen LogP contribution in [0.2, 0.25) is 5.02 Å². The average molecular weight is 330 g/mol. The monoisotopic (exact) mass is 328 g/mol. The molecule has 0 aliphatic rings. The number of halogens is 2. The third-order valence-corrected chi connectivity index (χ3v) is 3.48. The van der Waals surface area contributed by atoms with Crippen LogP contribution < -0.4 is 11.1 Å². The summed E-state index contributed by atoms with van der Waals surface area (Å²) in [7, 11) is 0. The number of anilines is 1. The number of rotatable bonds is 3. The number of nitrogens with two attached hydrogens (primary N) is 1. The number of hydrogen-bond acceptors (Lipinski definition) is 3. The molecule has 0 atom stereocenters. The van der Waals surface area contributed by atoms with Gasteiger partial charge in [0, 0.05) is 10.2 Å². The van der Waals surface area contributed by atoms with Crippen LogP contribution in [0.25, 0.3) is 0 Å². The maximum atomic E-state index is 11.8. The van der Waals surface area contributed by atoms with Gasteiger partial charge in [-0.1, -0.05) is 11.6 Å². The largest absolute Gasteiger partial charge is 0.455 e. The summed E-state index contributed by atoms with van der Waals surface area (Å²) in [5.41, 5.74) is 6.03. The second kappa shape index (κ2) is 5.56. The molecule has 94 valence electrons. The van der Waals surface area contributed by atoms with Crippen molar-refractivity contribution in [2.24, 2.45) is 5.73 Å². The molecule has 2 aromatic rings. The highest BCUT2D eigenvalue weighted by Gasteiger charge is 2.11. The van der Waals surface area contributed by atoms with Crippen molar-refractivity contribution in [3.63, 3.8) is 0 Å². The molecular formula is C12H10BrClN2O2. The van der Waals surface area contributed by atoms with E-state index >= 15 is 0 Å². The highest BCUT2D eigenvalue weighted by Crippen LogP contribution is 2.25. The van der Waals surface area contributed by atoms with Gasteiger partial charge in [-0.2, -0.15) is 0 Å². The third kappa shape index (κ3) is 2.93. The third-order valence-electron chi connectivity index (χ3n) is 2.26. The summed E-state index contributed by atoms with van der Waals surface area (Å²) in [4.78, 5) is 11.8. The van der Waals surface area contributed by atoms with Crippen LogP contribution >= 0.6 is 27.5 Å². The topological polar surface area (TPSA) is 68.3 Å². The number of hydrogen-bond donors (Lipinski definition) is 2. The number of amides is 1. The van der Waals surface area contributed by atoms with Gasteiger partial charge >= 0.3 is 0 Å². The van der Waals surface area contributed by atoms with Crippen molar-refractivity contribution in [3.05, 3.63) is 51.3 Å². The first kappa shape index (κ1) is 13.1. The minimum absolute atomic E-state index is 0.224. The van der Waals surface area contributed by atoms with Crippen LogP contribution in [0.5, 0.6) is 0 Å². The molecule has 0 fully saturated rings. The maximum absolute atomic E-state index is 11.8. The van der Waals surface area contributed by atoms with Gasteiger partial charge in [-0.05, 0) is 46.3 Å². The van der Waals surface area contributed by atoms with Gasteiger partial charge in [0.25, 0.3) is 5.91 Å². The molecule has 2 rings (SSSR count). The Morgan fingerprint density at radius 1 is 1.39 bits per heavy atom. The first-order valence-corrected chi connectivity index (χ1v) is 6.32. The Labute approximate surface area is 117 Å². The fourth-order valence-electron chi connectivity index (χ4n) is 1.38. The summed E-state index contributed by atoms with van der Waals surface area (Å²) in [5, 5.41) is 3.28. The van der Waals surface area contributed by atoms with Gasteiger partial charge in [-0.3, -0.25) is 4.79 Å². The summed E-state index contributed by atoms with van der Waals surface area (Å²) in [6.07, 6.45) is 0. The van der Waals surface area contributed by atoms with E-state index in [1.807, 2.05) is 0 Å². The Bertz CT molecular complexity index is 583. The Hall–Kier alpha value is -1.30. The molecule has 0 aliphatic carbocycles. The smallest absolute Gasteiger partial charge is 0.291 e. The van der Waals surface area contributed by atoms with Crippen molar-refractivity contribution in [3.8, 4) is 0 Å². The first-order valence-electron chi connectivity index (χ1n) is 5.15. The Morgan fingerprint density at radius 3 is 2.78 bits per heavy atom. The average Bonchev–Trinajstić information content (AvgIpc) is 2.82. The fraction of sp³-hybridized carbons (Fsp3) is 0.0833. The quantitative estimate of drug-likeness (QED) is 0.906. The lowest BCUT2D eigenvalue weighted by atomic mass is 10.3. The lowest BCUT2D eigenvalue weighted by Crippen LogP contribution is -2.10. The van der Waals surface area contributed by atoms with Crippen molar-refractivity contribution in [1.29, 1.82) is 0 Å². The van der Waals surface area contributed by atoms with E-state index in [-0.39, 0.29) is 18.2 Å². The molecule has 3 N–H and O–H groups in total. The molecule has 0 spiro atoms. The Kier molecular flexibility index (Phi) is 4.06. The number of furan rings is 1. The molecule has 0 unspecified atom stereocenters. The lowest BCUT2D eigenvalue weighted by molar-refractivity contribution is 0.0995. The van der Waals surface area contributed by atoms with Crippen LogP contribution in [0.3, 0.4) is 0 Å². The molecule has 0 saturated carbocycles. The minimum atomic E-state index is -0.330. The molecule has 0 bridgehead atoms. The highest BCUT2D eigenvalue weighted by atomic mass is 79.9. The standard InChI is InChI=1S/C12H10BrClN2O2/c13-9-5-7(1-3-10(9)14)16-12(17)11-4-2-8(6-15)18-11/h1-5H,6,15H2,(H,16,17). The van der Waals surface area contributed by atoms with E-state index in [0.717, 1.165) is 0 Å². The number of nitrogens with one attached hydrogen (secondary N) is 1. The van der Waals surface area contributed by atoms with Gasteiger partial charge in [0.1, 0.15) is 5.76 Å². The summed E-state index contributed by atoms with van der Waals surface area (Å²) >= 11 is 9.15. The predicted octanol–water partition coefficient (Wildman–Crippen LogP) is 3.41. The molecule has 0 aliphatic heterocycles. The van der Waals surface area contributed by atoms with Crippen LogP contribution in [0.4, 0.5) is 5.69 Å². The van der Waals surface area contributed by atoms with Gasteiger partial charge in [0.15, 0.2) is 5.76 Å². The Balaban J connectivity index is 2.13. The van der Waals surface area contributed by atoms with E-state index in [1.54, 1.807) is 30.3 Å². The molecule has 0 radical (unpaired) electrons. The van der Waals surface area contributed by atoms with Gasteiger partial charge in [0.2, 0.25) is 0 Å². The SMILES string of the molecule is NCc1ccc(C(=O)Nc2ccc(Cl)c(Br)c2)o1. The Morgan fingerprint density at radius 2 is 2.17 bits per heavy atom. The first-order chi connectivity index (χ1) is 8.60. The van der Waals surface area contributed by atoms with Crippen LogP contribution in [0.15, 0.2) is 39.2 Å². The van der Waals surface area contributed by atoms with Crippen molar-refractivity contribution in [1.82, 2.24) is 0 Å². The van der Waals surface area contributed by atoms with E-state index < -0.39 is 0 Å². The normalized spacial score (nSPS) is 10.4. The predicted molar refractivity (Wildman–Crippen MR) is 73.7 cm³/mol. The van der Waals surface area contributed by atoms with Crippen LogP contribution in [-0.4, -0.2) is 5.91 Å². The summed E-state index contributed by atoms with van der Waals surface area (Å²) in [5.74, 6) is 0.461. The lowest BCUT2D eigenvalue weighted by Gasteiger charge is -2.04. The molecule has 6 heteroatoms. The fourth-order valence-corrected chi connectivity index (χ4v) is 1.87. The van der Waals surface area contributed by atoms with Gasteiger partial charge in [-0.15, -0.1) is 0 Å². The number of carbonyl (C=O) groups is 1. The number of carbonyl (C=O) groups excluding carboxylic acids is 1. The van der Waals surface area contributed by atoms with Crippen molar-refractivity contribution >= 4 is 39.1 Å². The van der Waals surface area contributed by atoms with Crippen LogP contribution in [-0.2, 0) is 6.54 Å². The molecule has 1 aromatic carbocycles. The molecule has 1 heterocycles. The second-order valence-electron chi connectivity index (χ2n) is 3.55. The zero-order valence-electron chi connectivity index (χ0n) is 9.24. The van der Waals surface area contributed by atoms with E-state index in [9.17, 15) is 4.79 Å². The van der Waals surface area contributed by atoms with E-state index in [4.69, 9.17) is 21.8 Å². The van der Waals surface area contributed by atoms with E-state index in [1.165, 1.54) is 0 Å². The van der Waals surface area contributed by atoms with Crippen LogP contribution in [0, 0.1) is 0 Å². The van der Waals surface area contributed by atoms with Crippen molar-refractivity contribution < 1.29 is 9.21 Å². The molecule has 1 aromatic heterocycles. The number of benzene rings is 1.